The van der Waals surface area contributed by atoms with Crippen LogP contribution in [-0.2, 0) is 4.79 Å². The van der Waals surface area contributed by atoms with Crippen molar-refractivity contribution in [2.24, 2.45) is 0 Å². The second-order valence-electron chi connectivity index (χ2n) is 6.83. The highest BCUT2D eigenvalue weighted by molar-refractivity contribution is 6.42. The van der Waals surface area contributed by atoms with Crippen LogP contribution >= 0.6 is 23.2 Å². The molecule has 2 aliphatic heterocycles. The van der Waals surface area contributed by atoms with E-state index in [4.69, 9.17) is 23.2 Å². The molecule has 2 saturated heterocycles. The molecule has 8 heteroatoms. The summed E-state index contributed by atoms with van der Waals surface area (Å²) in [5.41, 5.74) is 0.355. The van der Waals surface area contributed by atoms with Crippen molar-refractivity contribution in [2.75, 3.05) is 32.7 Å². The third-order valence-corrected chi connectivity index (χ3v) is 5.75. The minimum absolute atomic E-state index is 0.0719. The average Bonchev–Trinajstić information content (AvgIpc) is 3.12. The molecule has 0 saturated carbocycles. The van der Waals surface area contributed by atoms with Gasteiger partial charge in [0, 0.05) is 31.2 Å². The standard InChI is InChI=1S/C18H22Cl2FN3O2/c19-15-4-3-12(8-16(15)20)18(26)22-9-17(25)24-7-5-14(11-24)23-6-1-2-13(21)10-23/h3-4,8,13-14H,1-2,5-7,9-11H2,(H,22,26). The van der Waals surface area contributed by atoms with Gasteiger partial charge < -0.3 is 10.2 Å². The van der Waals surface area contributed by atoms with Crippen molar-refractivity contribution >= 4 is 35.0 Å². The first-order chi connectivity index (χ1) is 12.4. The first-order valence-electron chi connectivity index (χ1n) is 8.83. The van der Waals surface area contributed by atoms with Gasteiger partial charge in [-0.2, -0.15) is 0 Å². The molecule has 0 bridgehead atoms. The molecule has 0 aromatic heterocycles. The Labute approximate surface area is 162 Å². The molecule has 0 aliphatic carbocycles. The van der Waals surface area contributed by atoms with E-state index in [-0.39, 0.29) is 24.4 Å². The summed E-state index contributed by atoms with van der Waals surface area (Å²) in [7, 11) is 0. The zero-order chi connectivity index (χ0) is 18.7. The van der Waals surface area contributed by atoms with Crippen LogP contribution in [0.4, 0.5) is 4.39 Å². The van der Waals surface area contributed by atoms with Gasteiger partial charge in [-0.15, -0.1) is 0 Å². The molecular weight excluding hydrogens is 380 g/mol. The number of alkyl halides is 1. The van der Waals surface area contributed by atoms with Gasteiger partial charge >= 0.3 is 0 Å². The largest absolute Gasteiger partial charge is 0.343 e. The molecule has 2 atom stereocenters. The molecule has 2 fully saturated rings. The van der Waals surface area contributed by atoms with Crippen LogP contribution in [0.15, 0.2) is 18.2 Å². The van der Waals surface area contributed by atoms with E-state index < -0.39 is 6.17 Å². The summed E-state index contributed by atoms with van der Waals surface area (Å²) < 4.78 is 13.6. The number of likely N-dealkylation sites (tertiary alicyclic amines) is 2. The lowest BCUT2D eigenvalue weighted by Gasteiger charge is -2.33. The Morgan fingerprint density at radius 1 is 1.15 bits per heavy atom. The smallest absolute Gasteiger partial charge is 0.251 e. The molecular formula is C18H22Cl2FN3O2. The van der Waals surface area contributed by atoms with Gasteiger partial charge in [0.25, 0.3) is 5.91 Å². The zero-order valence-corrected chi connectivity index (χ0v) is 15.9. The summed E-state index contributed by atoms with van der Waals surface area (Å²) in [4.78, 5) is 28.4. The molecule has 2 heterocycles. The Hall–Kier alpha value is -1.37. The normalized spacial score (nSPS) is 23.9. The lowest BCUT2D eigenvalue weighted by molar-refractivity contribution is -0.129. The molecule has 1 N–H and O–H groups in total. The average molecular weight is 402 g/mol. The molecule has 2 aliphatic rings. The van der Waals surface area contributed by atoms with E-state index >= 15 is 0 Å². The minimum atomic E-state index is -0.765. The lowest BCUT2D eigenvalue weighted by atomic mass is 10.1. The Kier molecular flexibility index (Phi) is 6.37. The number of piperidine rings is 1. The molecule has 2 amide bonds. The van der Waals surface area contributed by atoms with Crippen LogP contribution < -0.4 is 5.32 Å². The maximum atomic E-state index is 13.6. The number of nitrogens with one attached hydrogen (secondary N) is 1. The number of hydrogen-bond donors (Lipinski definition) is 1. The van der Waals surface area contributed by atoms with Crippen LogP contribution in [-0.4, -0.2) is 66.6 Å². The quantitative estimate of drug-likeness (QED) is 0.843. The first-order valence-corrected chi connectivity index (χ1v) is 9.59. The number of carbonyl (C=O) groups excluding carboxylic acids is 2. The van der Waals surface area contributed by atoms with Gasteiger partial charge in [0.15, 0.2) is 0 Å². The summed E-state index contributed by atoms with van der Waals surface area (Å²) in [5, 5.41) is 3.28. The van der Waals surface area contributed by atoms with Crippen molar-refractivity contribution in [3.05, 3.63) is 33.8 Å². The fourth-order valence-electron chi connectivity index (χ4n) is 3.56. The third-order valence-electron chi connectivity index (χ3n) is 5.01. The molecule has 3 rings (SSSR count). The number of carbonyl (C=O) groups is 2. The maximum Gasteiger partial charge on any atom is 0.251 e. The third kappa shape index (κ3) is 4.67. The highest BCUT2D eigenvalue weighted by Crippen LogP contribution is 2.23. The summed E-state index contributed by atoms with van der Waals surface area (Å²) in [6.07, 6.45) is 1.58. The minimum Gasteiger partial charge on any atom is -0.343 e. The lowest BCUT2D eigenvalue weighted by Crippen LogP contribution is -2.46. The Morgan fingerprint density at radius 2 is 1.96 bits per heavy atom. The van der Waals surface area contributed by atoms with Gasteiger partial charge in [0.2, 0.25) is 5.91 Å². The Balaban J connectivity index is 1.48. The number of halogens is 3. The summed E-state index contributed by atoms with van der Waals surface area (Å²) in [5.74, 6) is -0.501. The van der Waals surface area contributed by atoms with Gasteiger partial charge in [0.1, 0.15) is 6.17 Å². The van der Waals surface area contributed by atoms with E-state index in [0.717, 1.165) is 19.4 Å². The predicted molar refractivity (Wildman–Crippen MR) is 99.5 cm³/mol. The van der Waals surface area contributed by atoms with E-state index in [1.165, 1.54) is 6.07 Å². The fraction of sp³-hybridized carbons (Fsp3) is 0.556. The van der Waals surface area contributed by atoms with Crippen LogP contribution in [0, 0.1) is 0 Å². The number of rotatable bonds is 4. The maximum absolute atomic E-state index is 13.6. The summed E-state index contributed by atoms with van der Waals surface area (Å²) >= 11 is 11.7. The topological polar surface area (TPSA) is 52.7 Å². The van der Waals surface area contributed by atoms with Gasteiger partial charge in [-0.25, -0.2) is 4.39 Å². The van der Waals surface area contributed by atoms with Crippen LogP contribution in [0.5, 0.6) is 0 Å². The molecule has 1 aromatic rings. The second-order valence-corrected chi connectivity index (χ2v) is 7.64. The second kappa shape index (κ2) is 8.55. The molecule has 142 valence electrons. The van der Waals surface area contributed by atoms with Crippen molar-refractivity contribution in [3.63, 3.8) is 0 Å². The fourth-order valence-corrected chi connectivity index (χ4v) is 3.86. The van der Waals surface area contributed by atoms with Gasteiger partial charge in [-0.1, -0.05) is 23.2 Å². The first kappa shape index (κ1) is 19.4. The highest BCUT2D eigenvalue weighted by Gasteiger charge is 2.32. The van der Waals surface area contributed by atoms with Crippen molar-refractivity contribution in [3.8, 4) is 0 Å². The van der Waals surface area contributed by atoms with E-state index in [9.17, 15) is 14.0 Å². The number of amides is 2. The number of nitrogens with zero attached hydrogens (tertiary/aromatic N) is 2. The summed E-state index contributed by atoms with van der Waals surface area (Å²) in [6, 6.07) is 4.79. The monoisotopic (exact) mass is 401 g/mol. The van der Waals surface area contributed by atoms with E-state index in [1.54, 1.807) is 17.0 Å². The SMILES string of the molecule is O=C(NCC(=O)N1CCC(N2CCCC(F)C2)C1)c1ccc(Cl)c(Cl)c1. The highest BCUT2D eigenvalue weighted by atomic mass is 35.5. The molecule has 26 heavy (non-hydrogen) atoms. The Morgan fingerprint density at radius 3 is 2.69 bits per heavy atom. The van der Waals surface area contributed by atoms with Crippen LogP contribution in [0.2, 0.25) is 10.0 Å². The van der Waals surface area contributed by atoms with Crippen molar-refractivity contribution < 1.29 is 14.0 Å². The van der Waals surface area contributed by atoms with Crippen molar-refractivity contribution in [1.82, 2.24) is 15.1 Å². The van der Waals surface area contributed by atoms with Gasteiger partial charge in [-0.3, -0.25) is 14.5 Å². The number of hydrogen-bond acceptors (Lipinski definition) is 3. The molecule has 0 radical (unpaired) electrons. The van der Waals surface area contributed by atoms with E-state index in [2.05, 4.69) is 10.2 Å². The van der Waals surface area contributed by atoms with E-state index in [1.807, 2.05) is 0 Å². The molecule has 0 spiro atoms. The molecule has 1 aromatic carbocycles. The van der Waals surface area contributed by atoms with Crippen LogP contribution in [0.1, 0.15) is 29.6 Å². The van der Waals surface area contributed by atoms with E-state index in [0.29, 0.717) is 41.7 Å². The Bertz CT molecular complexity index is 688. The zero-order valence-electron chi connectivity index (χ0n) is 14.4. The van der Waals surface area contributed by atoms with Gasteiger partial charge in [0.05, 0.1) is 16.6 Å². The molecule has 2 unspecified atom stereocenters. The summed E-state index contributed by atoms with van der Waals surface area (Å²) in [6.45, 7) is 2.51. The van der Waals surface area contributed by atoms with Crippen molar-refractivity contribution in [1.29, 1.82) is 0 Å². The van der Waals surface area contributed by atoms with Gasteiger partial charge in [-0.05, 0) is 44.0 Å². The molecule has 5 nitrogen and oxygen atoms in total. The van der Waals surface area contributed by atoms with Crippen LogP contribution in [0.25, 0.3) is 0 Å². The predicted octanol–water partition coefficient (Wildman–Crippen LogP) is 2.76. The van der Waals surface area contributed by atoms with Crippen molar-refractivity contribution in [2.45, 2.75) is 31.5 Å². The van der Waals surface area contributed by atoms with Crippen LogP contribution in [0.3, 0.4) is 0 Å². The number of benzene rings is 1.